The molecule has 0 bridgehead atoms. The van der Waals surface area contributed by atoms with Gasteiger partial charge in [-0.25, -0.2) is 0 Å². The fourth-order valence-electron chi connectivity index (χ4n) is 3.48. The first kappa shape index (κ1) is 19.4. The van der Waals surface area contributed by atoms with Crippen molar-refractivity contribution in [3.05, 3.63) is 76.1 Å². The molecule has 1 aliphatic heterocycles. The molecule has 0 fully saturated rings. The lowest BCUT2D eigenvalue weighted by Crippen LogP contribution is -2.36. The Labute approximate surface area is 172 Å². The van der Waals surface area contributed by atoms with Crippen molar-refractivity contribution in [2.24, 2.45) is 0 Å². The molecule has 0 saturated carbocycles. The molecule has 8 nitrogen and oxygen atoms in total. The molecule has 1 atom stereocenters. The van der Waals surface area contributed by atoms with Crippen LogP contribution in [0.5, 0.6) is 0 Å². The van der Waals surface area contributed by atoms with Crippen LogP contribution in [0.15, 0.2) is 59.4 Å². The number of fused-ring (bicyclic) bond motifs is 1. The lowest BCUT2D eigenvalue weighted by Gasteiger charge is -2.24. The van der Waals surface area contributed by atoms with E-state index in [0.29, 0.717) is 5.69 Å². The van der Waals surface area contributed by atoms with Crippen molar-refractivity contribution >= 4 is 35.0 Å². The maximum Gasteiger partial charge on any atom is 0.258 e. The van der Waals surface area contributed by atoms with Crippen molar-refractivity contribution < 1.29 is 9.59 Å². The van der Waals surface area contributed by atoms with E-state index in [9.17, 15) is 14.4 Å². The standard InChI is InChI=1S/C22H21N5O3/c1-2-13-8-6-7-11-16(13)24-20(29)15-12-17(28)25-19-18(15)21(30)27-22(26-19)23-14-9-4-3-5-10-14/h3-11,15H,2,12H2,1H3,(H,24,29)(H3,23,25,26,27,28,30)/t15-/m1/s1. The van der Waals surface area contributed by atoms with Crippen LogP contribution in [0.1, 0.15) is 30.4 Å². The molecule has 1 aromatic heterocycles. The van der Waals surface area contributed by atoms with Crippen molar-refractivity contribution in [2.45, 2.75) is 25.7 Å². The Balaban J connectivity index is 1.65. The summed E-state index contributed by atoms with van der Waals surface area (Å²) < 4.78 is 0. The zero-order valence-electron chi connectivity index (χ0n) is 16.4. The van der Waals surface area contributed by atoms with Gasteiger partial charge in [-0.2, -0.15) is 4.98 Å². The van der Waals surface area contributed by atoms with E-state index >= 15 is 0 Å². The molecule has 2 heterocycles. The second kappa shape index (κ2) is 8.20. The number of carbonyl (C=O) groups is 2. The number of amides is 2. The molecular formula is C22H21N5O3. The van der Waals surface area contributed by atoms with Crippen LogP contribution >= 0.6 is 0 Å². The molecule has 152 valence electrons. The number of anilines is 4. The van der Waals surface area contributed by atoms with Crippen LogP contribution < -0.4 is 21.5 Å². The van der Waals surface area contributed by atoms with Crippen molar-refractivity contribution in [3.8, 4) is 0 Å². The molecule has 1 aliphatic rings. The van der Waals surface area contributed by atoms with Crippen LogP contribution in [0.4, 0.5) is 23.1 Å². The number of aryl methyl sites for hydroxylation is 1. The maximum atomic E-state index is 13.0. The summed E-state index contributed by atoms with van der Waals surface area (Å²) in [6, 6.07) is 16.6. The molecule has 0 spiro atoms. The number of rotatable bonds is 5. The second-order valence-electron chi connectivity index (χ2n) is 6.97. The summed E-state index contributed by atoms with van der Waals surface area (Å²) in [5, 5.41) is 8.46. The third-order valence-corrected chi connectivity index (χ3v) is 4.96. The van der Waals surface area contributed by atoms with Crippen molar-refractivity contribution in [3.63, 3.8) is 0 Å². The first-order valence-corrected chi connectivity index (χ1v) is 9.70. The highest BCUT2D eigenvalue weighted by Gasteiger charge is 2.35. The number of aromatic nitrogens is 2. The smallest absolute Gasteiger partial charge is 0.258 e. The Morgan fingerprint density at radius 3 is 2.60 bits per heavy atom. The first-order chi connectivity index (χ1) is 14.5. The highest BCUT2D eigenvalue weighted by Crippen LogP contribution is 2.30. The summed E-state index contributed by atoms with van der Waals surface area (Å²) in [4.78, 5) is 45.0. The molecule has 2 aromatic carbocycles. The fourth-order valence-corrected chi connectivity index (χ4v) is 3.48. The van der Waals surface area contributed by atoms with E-state index in [1.54, 1.807) is 6.07 Å². The third kappa shape index (κ3) is 3.93. The molecule has 0 aliphatic carbocycles. The van der Waals surface area contributed by atoms with Gasteiger partial charge in [-0.15, -0.1) is 0 Å². The molecule has 4 N–H and O–H groups in total. The van der Waals surface area contributed by atoms with Gasteiger partial charge in [0.15, 0.2) is 0 Å². The maximum absolute atomic E-state index is 13.0. The van der Waals surface area contributed by atoms with Crippen LogP contribution in [0.25, 0.3) is 0 Å². The fraction of sp³-hybridized carbons (Fsp3) is 0.182. The summed E-state index contributed by atoms with van der Waals surface area (Å²) in [5.74, 6) is -1.43. The number of para-hydroxylation sites is 2. The van der Waals surface area contributed by atoms with E-state index in [1.165, 1.54) is 0 Å². The molecular weight excluding hydrogens is 382 g/mol. The summed E-state index contributed by atoms with van der Waals surface area (Å²) in [7, 11) is 0. The average molecular weight is 403 g/mol. The minimum Gasteiger partial charge on any atom is -0.326 e. The van der Waals surface area contributed by atoms with E-state index in [0.717, 1.165) is 17.7 Å². The van der Waals surface area contributed by atoms with Crippen LogP contribution in [-0.4, -0.2) is 21.8 Å². The SMILES string of the molecule is CCc1ccccc1NC(=O)[C@@H]1CC(=O)Nc2nc(Nc3ccccc3)[nH]c(=O)c21. The van der Waals surface area contributed by atoms with Gasteiger partial charge < -0.3 is 16.0 Å². The number of nitrogens with one attached hydrogen (secondary N) is 4. The highest BCUT2D eigenvalue weighted by molar-refractivity contribution is 6.04. The van der Waals surface area contributed by atoms with Gasteiger partial charge in [-0.1, -0.05) is 43.3 Å². The number of hydrogen-bond acceptors (Lipinski definition) is 5. The second-order valence-corrected chi connectivity index (χ2v) is 6.97. The topological polar surface area (TPSA) is 116 Å². The van der Waals surface area contributed by atoms with E-state index < -0.39 is 17.4 Å². The Morgan fingerprint density at radius 1 is 1.10 bits per heavy atom. The Morgan fingerprint density at radius 2 is 1.83 bits per heavy atom. The highest BCUT2D eigenvalue weighted by atomic mass is 16.2. The number of benzene rings is 2. The van der Waals surface area contributed by atoms with Crippen LogP contribution in [0, 0.1) is 0 Å². The van der Waals surface area contributed by atoms with Gasteiger partial charge in [0.05, 0.1) is 11.5 Å². The van der Waals surface area contributed by atoms with Crippen molar-refractivity contribution in [1.29, 1.82) is 0 Å². The molecule has 2 amide bonds. The van der Waals surface area contributed by atoms with Crippen LogP contribution in [0.2, 0.25) is 0 Å². The molecule has 3 aromatic rings. The summed E-state index contributed by atoms with van der Waals surface area (Å²) in [6.07, 6.45) is 0.623. The van der Waals surface area contributed by atoms with E-state index in [2.05, 4.69) is 25.9 Å². The van der Waals surface area contributed by atoms with Gasteiger partial charge in [0.25, 0.3) is 5.56 Å². The van der Waals surface area contributed by atoms with Gasteiger partial charge in [-0.3, -0.25) is 19.4 Å². The van der Waals surface area contributed by atoms with Gasteiger partial charge in [-0.05, 0) is 30.2 Å². The zero-order valence-corrected chi connectivity index (χ0v) is 16.4. The average Bonchev–Trinajstić information content (AvgIpc) is 2.74. The van der Waals surface area contributed by atoms with Crippen molar-refractivity contribution in [1.82, 2.24) is 9.97 Å². The first-order valence-electron chi connectivity index (χ1n) is 9.70. The third-order valence-electron chi connectivity index (χ3n) is 4.96. The monoisotopic (exact) mass is 403 g/mol. The normalized spacial score (nSPS) is 15.1. The van der Waals surface area contributed by atoms with Crippen LogP contribution in [-0.2, 0) is 16.0 Å². The Hall–Kier alpha value is -3.94. The predicted molar refractivity (Wildman–Crippen MR) is 115 cm³/mol. The summed E-state index contributed by atoms with van der Waals surface area (Å²) in [5.41, 5.74) is 2.06. The molecule has 0 radical (unpaired) electrons. The van der Waals surface area contributed by atoms with Gasteiger partial charge in [0.2, 0.25) is 17.8 Å². The van der Waals surface area contributed by atoms with Gasteiger partial charge >= 0.3 is 0 Å². The van der Waals surface area contributed by atoms with E-state index in [-0.39, 0.29) is 29.7 Å². The lowest BCUT2D eigenvalue weighted by atomic mass is 9.92. The minimum absolute atomic E-state index is 0.0948. The van der Waals surface area contributed by atoms with Crippen LogP contribution in [0.3, 0.4) is 0 Å². The van der Waals surface area contributed by atoms with E-state index in [4.69, 9.17) is 0 Å². The molecule has 30 heavy (non-hydrogen) atoms. The van der Waals surface area contributed by atoms with E-state index in [1.807, 2.05) is 55.5 Å². The zero-order chi connectivity index (χ0) is 21.1. The molecule has 4 rings (SSSR count). The minimum atomic E-state index is -0.930. The van der Waals surface area contributed by atoms with Gasteiger partial charge in [0.1, 0.15) is 5.82 Å². The lowest BCUT2D eigenvalue weighted by molar-refractivity contribution is -0.123. The van der Waals surface area contributed by atoms with Gasteiger partial charge in [0, 0.05) is 17.8 Å². The largest absolute Gasteiger partial charge is 0.326 e. The molecule has 0 saturated heterocycles. The number of aromatic amines is 1. The number of H-pyrrole nitrogens is 1. The quantitative estimate of drug-likeness (QED) is 0.522. The van der Waals surface area contributed by atoms with Crippen molar-refractivity contribution in [2.75, 3.05) is 16.0 Å². The Bertz CT molecular complexity index is 1160. The molecule has 8 heteroatoms. The summed E-state index contributed by atoms with van der Waals surface area (Å²) >= 11 is 0. The predicted octanol–water partition coefficient (Wildman–Crippen LogP) is 3.14. The summed E-state index contributed by atoms with van der Waals surface area (Å²) in [6.45, 7) is 1.99. The Kier molecular flexibility index (Phi) is 5.30. The number of hydrogen-bond donors (Lipinski definition) is 4. The number of carbonyl (C=O) groups excluding carboxylic acids is 2. The number of nitrogens with zero attached hydrogens (tertiary/aromatic N) is 1. The molecule has 0 unspecified atom stereocenters.